The highest BCUT2D eigenvalue weighted by atomic mass is 32.2. The van der Waals surface area contributed by atoms with Gasteiger partial charge >= 0.3 is 0 Å². The summed E-state index contributed by atoms with van der Waals surface area (Å²) < 4.78 is 32.2. The summed E-state index contributed by atoms with van der Waals surface area (Å²) in [5, 5.41) is 3.56. The molecular weight excluding hydrogens is 470 g/mol. The highest BCUT2D eigenvalue weighted by Gasteiger charge is 2.26. The van der Waals surface area contributed by atoms with Crippen LogP contribution in [0.1, 0.15) is 27.0 Å². The molecule has 0 radical (unpaired) electrons. The quantitative estimate of drug-likeness (QED) is 0.534. The summed E-state index contributed by atoms with van der Waals surface area (Å²) in [5.41, 5.74) is 3.62. The van der Waals surface area contributed by atoms with Crippen LogP contribution in [0.3, 0.4) is 0 Å². The molecule has 1 saturated heterocycles. The maximum absolute atomic E-state index is 12.9. The van der Waals surface area contributed by atoms with E-state index in [1.807, 2.05) is 26.0 Å². The monoisotopic (exact) mass is 497 g/mol. The standard InChI is InChI=1S/C25H27N3O4S2/c1-18-5-10-23(19(2)16-18)33-25-22(4-3-11-26-25)24(29)27-17-20-6-8-21(9-7-20)34(30,31)28-12-14-32-15-13-28/h3-11,16H,12-15,17H2,1-2H3,(H,27,29). The molecule has 0 bridgehead atoms. The van der Waals surface area contributed by atoms with Crippen LogP contribution in [0.15, 0.2) is 75.6 Å². The number of benzene rings is 2. The molecule has 178 valence electrons. The highest BCUT2D eigenvalue weighted by molar-refractivity contribution is 7.99. The number of ether oxygens (including phenoxy) is 1. The van der Waals surface area contributed by atoms with Crippen LogP contribution >= 0.6 is 11.8 Å². The van der Waals surface area contributed by atoms with Crippen LogP contribution in [0.4, 0.5) is 0 Å². The van der Waals surface area contributed by atoms with E-state index < -0.39 is 10.0 Å². The van der Waals surface area contributed by atoms with Gasteiger partial charge in [0.1, 0.15) is 5.03 Å². The van der Waals surface area contributed by atoms with Crippen molar-refractivity contribution in [2.45, 2.75) is 35.2 Å². The lowest BCUT2D eigenvalue weighted by molar-refractivity contribution is 0.0730. The SMILES string of the molecule is Cc1ccc(Sc2ncccc2C(=O)NCc2ccc(S(=O)(=O)N3CCOCC3)cc2)c(C)c1. The third-order valence-corrected chi connectivity index (χ3v) is 8.65. The first-order valence-corrected chi connectivity index (χ1v) is 13.3. The molecule has 3 aromatic rings. The summed E-state index contributed by atoms with van der Waals surface area (Å²) >= 11 is 1.47. The number of hydrogen-bond acceptors (Lipinski definition) is 6. The molecule has 1 N–H and O–H groups in total. The molecule has 4 rings (SSSR count). The Bertz CT molecular complexity index is 1270. The molecule has 34 heavy (non-hydrogen) atoms. The molecule has 0 spiro atoms. The average Bonchev–Trinajstić information content (AvgIpc) is 2.85. The summed E-state index contributed by atoms with van der Waals surface area (Å²) in [7, 11) is -3.54. The van der Waals surface area contributed by atoms with Gasteiger partial charge in [-0.1, -0.05) is 41.6 Å². The van der Waals surface area contributed by atoms with E-state index >= 15 is 0 Å². The lowest BCUT2D eigenvalue weighted by Crippen LogP contribution is -2.40. The van der Waals surface area contributed by atoms with Crippen molar-refractivity contribution in [1.82, 2.24) is 14.6 Å². The summed E-state index contributed by atoms with van der Waals surface area (Å²) in [6.07, 6.45) is 1.68. The fourth-order valence-electron chi connectivity index (χ4n) is 3.66. The first kappa shape index (κ1) is 24.4. The van der Waals surface area contributed by atoms with E-state index in [9.17, 15) is 13.2 Å². The second-order valence-corrected chi connectivity index (χ2v) is 11.0. The minimum absolute atomic E-state index is 0.231. The molecule has 1 amide bonds. The van der Waals surface area contributed by atoms with Crippen LogP contribution in [0.25, 0.3) is 0 Å². The first-order chi connectivity index (χ1) is 16.3. The molecule has 1 aliphatic heterocycles. The van der Waals surface area contributed by atoms with E-state index in [0.717, 1.165) is 16.0 Å². The fraction of sp³-hybridized carbons (Fsp3) is 0.280. The van der Waals surface area contributed by atoms with Gasteiger partial charge in [0, 0.05) is 30.7 Å². The van der Waals surface area contributed by atoms with Gasteiger partial charge in [0.2, 0.25) is 10.0 Å². The average molecular weight is 498 g/mol. The third kappa shape index (κ3) is 5.67. The molecule has 0 atom stereocenters. The Kier molecular flexibility index (Phi) is 7.67. The van der Waals surface area contributed by atoms with Crippen molar-refractivity contribution in [3.8, 4) is 0 Å². The zero-order valence-electron chi connectivity index (χ0n) is 19.2. The van der Waals surface area contributed by atoms with Crippen LogP contribution in [0.5, 0.6) is 0 Å². The van der Waals surface area contributed by atoms with Crippen LogP contribution in [-0.4, -0.2) is 49.9 Å². The number of pyridine rings is 1. The lowest BCUT2D eigenvalue weighted by atomic mass is 10.2. The van der Waals surface area contributed by atoms with E-state index in [4.69, 9.17) is 4.74 Å². The maximum atomic E-state index is 12.9. The Morgan fingerprint density at radius 3 is 2.53 bits per heavy atom. The molecule has 0 saturated carbocycles. The van der Waals surface area contributed by atoms with Crippen LogP contribution in [-0.2, 0) is 21.3 Å². The van der Waals surface area contributed by atoms with Crippen molar-refractivity contribution < 1.29 is 17.9 Å². The molecule has 2 heterocycles. The minimum atomic E-state index is -3.54. The predicted octanol–water partition coefficient (Wildman–Crippen LogP) is 3.80. The van der Waals surface area contributed by atoms with Crippen LogP contribution in [0.2, 0.25) is 0 Å². The van der Waals surface area contributed by atoms with Crippen molar-refractivity contribution in [2.24, 2.45) is 0 Å². The van der Waals surface area contributed by atoms with Gasteiger partial charge in [-0.15, -0.1) is 0 Å². The van der Waals surface area contributed by atoms with E-state index in [0.29, 0.717) is 36.9 Å². The molecule has 0 unspecified atom stereocenters. The zero-order chi connectivity index (χ0) is 24.1. The molecule has 1 aliphatic rings. The molecule has 1 aromatic heterocycles. The van der Waals surface area contributed by atoms with Crippen molar-refractivity contribution in [1.29, 1.82) is 0 Å². The van der Waals surface area contributed by atoms with Gasteiger partial charge < -0.3 is 10.1 Å². The minimum Gasteiger partial charge on any atom is -0.379 e. The molecular formula is C25H27N3O4S2. The van der Waals surface area contributed by atoms with Gasteiger partial charge in [-0.2, -0.15) is 4.31 Å². The van der Waals surface area contributed by atoms with Gasteiger partial charge in [0.25, 0.3) is 5.91 Å². The summed E-state index contributed by atoms with van der Waals surface area (Å²) in [4.78, 5) is 18.6. The highest BCUT2D eigenvalue weighted by Crippen LogP contribution is 2.31. The van der Waals surface area contributed by atoms with Gasteiger partial charge in [-0.3, -0.25) is 4.79 Å². The Balaban J connectivity index is 1.42. The number of aryl methyl sites for hydroxylation is 2. The van der Waals surface area contributed by atoms with Crippen LogP contribution < -0.4 is 5.32 Å². The second-order valence-electron chi connectivity index (χ2n) is 8.07. The Morgan fingerprint density at radius 1 is 1.09 bits per heavy atom. The number of nitrogens with one attached hydrogen (secondary N) is 1. The maximum Gasteiger partial charge on any atom is 0.254 e. The number of aromatic nitrogens is 1. The van der Waals surface area contributed by atoms with Gasteiger partial charge in [-0.25, -0.2) is 13.4 Å². The second kappa shape index (κ2) is 10.7. The number of carbonyl (C=O) groups excluding carboxylic acids is 1. The van der Waals surface area contributed by atoms with Gasteiger partial charge in [0.15, 0.2) is 0 Å². The Labute approximate surface area is 204 Å². The van der Waals surface area contributed by atoms with E-state index in [1.165, 1.54) is 21.6 Å². The third-order valence-electron chi connectivity index (χ3n) is 5.54. The lowest BCUT2D eigenvalue weighted by Gasteiger charge is -2.26. The zero-order valence-corrected chi connectivity index (χ0v) is 20.8. The van der Waals surface area contributed by atoms with Crippen molar-refractivity contribution in [3.63, 3.8) is 0 Å². The smallest absolute Gasteiger partial charge is 0.254 e. The normalized spacial score (nSPS) is 14.6. The molecule has 0 aliphatic carbocycles. The number of nitrogens with zero attached hydrogens (tertiary/aromatic N) is 2. The fourth-order valence-corrected chi connectivity index (χ4v) is 6.01. The van der Waals surface area contributed by atoms with Gasteiger partial charge in [0.05, 0.1) is 23.7 Å². The van der Waals surface area contributed by atoms with E-state index in [-0.39, 0.29) is 17.3 Å². The predicted molar refractivity (Wildman–Crippen MR) is 131 cm³/mol. The van der Waals surface area contributed by atoms with Crippen molar-refractivity contribution in [3.05, 3.63) is 83.0 Å². The Hall–Kier alpha value is -2.72. The van der Waals surface area contributed by atoms with E-state index in [1.54, 1.807) is 42.6 Å². The number of hydrogen-bond donors (Lipinski definition) is 1. The molecule has 9 heteroatoms. The molecule has 1 fully saturated rings. The topological polar surface area (TPSA) is 88.6 Å². The largest absolute Gasteiger partial charge is 0.379 e. The number of morpholine rings is 1. The number of amides is 1. The number of sulfonamides is 1. The summed E-state index contributed by atoms with van der Waals surface area (Å²) in [6.45, 7) is 5.89. The summed E-state index contributed by atoms with van der Waals surface area (Å²) in [6, 6.07) is 16.3. The summed E-state index contributed by atoms with van der Waals surface area (Å²) in [5.74, 6) is -0.231. The number of carbonyl (C=O) groups is 1. The van der Waals surface area contributed by atoms with Crippen molar-refractivity contribution >= 4 is 27.7 Å². The molecule has 7 nitrogen and oxygen atoms in total. The van der Waals surface area contributed by atoms with E-state index in [2.05, 4.69) is 16.4 Å². The van der Waals surface area contributed by atoms with Crippen LogP contribution in [0, 0.1) is 13.8 Å². The number of rotatable bonds is 7. The first-order valence-electron chi connectivity index (χ1n) is 11.0. The van der Waals surface area contributed by atoms with Gasteiger partial charge in [-0.05, 0) is 55.3 Å². The Morgan fingerprint density at radius 2 is 1.82 bits per heavy atom. The van der Waals surface area contributed by atoms with Crippen molar-refractivity contribution in [2.75, 3.05) is 26.3 Å². The molecule has 2 aromatic carbocycles.